The fourth-order valence-corrected chi connectivity index (χ4v) is 3.96. The summed E-state index contributed by atoms with van der Waals surface area (Å²) in [6.45, 7) is 11.1. The zero-order chi connectivity index (χ0) is 18.8. The Balaban J connectivity index is 1.58. The van der Waals surface area contributed by atoms with E-state index in [1.807, 2.05) is 20.8 Å². The third kappa shape index (κ3) is 4.66. The minimum Gasteiger partial charge on any atom is -0.444 e. The molecule has 7 nitrogen and oxygen atoms in total. The SMILES string of the molecule is CC(C)(C)OC(=O)N1CCC(C)(c2csc(NC3=NCCCN3)n2)CC1. The van der Waals surface area contributed by atoms with E-state index in [1.54, 1.807) is 16.2 Å². The molecule has 3 rings (SSSR count). The van der Waals surface area contributed by atoms with Crippen molar-refractivity contribution in [2.24, 2.45) is 4.99 Å². The highest BCUT2D eigenvalue weighted by atomic mass is 32.1. The van der Waals surface area contributed by atoms with Crippen LogP contribution in [-0.4, -0.2) is 53.7 Å². The van der Waals surface area contributed by atoms with Gasteiger partial charge in [-0.2, -0.15) is 0 Å². The molecule has 8 heteroatoms. The molecule has 26 heavy (non-hydrogen) atoms. The second-order valence-electron chi connectivity index (χ2n) is 8.20. The van der Waals surface area contributed by atoms with Crippen molar-refractivity contribution in [3.63, 3.8) is 0 Å². The van der Waals surface area contributed by atoms with Crippen molar-refractivity contribution in [2.45, 2.75) is 58.0 Å². The van der Waals surface area contributed by atoms with E-state index in [1.165, 1.54) is 0 Å². The highest BCUT2D eigenvalue weighted by Crippen LogP contribution is 2.36. The summed E-state index contributed by atoms with van der Waals surface area (Å²) in [5.41, 5.74) is 0.616. The first-order valence-electron chi connectivity index (χ1n) is 9.24. The lowest BCUT2D eigenvalue weighted by Crippen LogP contribution is -2.45. The molecular weight excluding hydrogens is 350 g/mol. The molecule has 144 valence electrons. The van der Waals surface area contributed by atoms with Crippen molar-refractivity contribution < 1.29 is 9.53 Å². The number of nitrogens with zero attached hydrogens (tertiary/aromatic N) is 3. The van der Waals surface area contributed by atoms with E-state index >= 15 is 0 Å². The van der Waals surface area contributed by atoms with Crippen LogP contribution in [0.2, 0.25) is 0 Å². The quantitative estimate of drug-likeness (QED) is 0.825. The average Bonchev–Trinajstić information content (AvgIpc) is 3.04. The second-order valence-corrected chi connectivity index (χ2v) is 9.06. The Kier molecular flexibility index (Phi) is 5.41. The van der Waals surface area contributed by atoms with Gasteiger partial charge in [0.25, 0.3) is 0 Å². The topological polar surface area (TPSA) is 78.8 Å². The Hall–Kier alpha value is -1.83. The monoisotopic (exact) mass is 379 g/mol. The third-order valence-electron chi connectivity index (χ3n) is 4.76. The van der Waals surface area contributed by atoms with Crippen LogP contribution < -0.4 is 10.6 Å². The highest BCUT2D eigenvalue weighted by molar-refractivity contribution is 7.14. The summed E-state index contributed by atoms with van der Waals surface area (Å²) < 4.78 is 5.48. The van der Waals surface area contributed by atoms with E-state index in [0.29, 0.717) is 13.1 Å². The predicted molar refractivity (Wildman–Crippen MR) is 105 cm³/mol. The average molecular weight is 380 g/mol. The Morgan fingerprint density at radius 2 is 2.12 bits per heavy atom. The minimum absolute atomic E-state index is 0.0171. The lowest BCUT2D eigenvalue weighted by atomic mass is 9.78. The van der Waals surface area contributed by atoms with Gasteiger partial charge in [0.15, 0.2) is 11.1 Å². The Morgan fingerprint density at radius 1 is 1.38 bits per heavy atom. The van der Waals surface area contributed by atoms with Crippen molar-refractivity contribution in [3.05, 3.63) is 11.1 Å². The van der Waals surface area contributed by atoms with Gasteiger partial charge in [-0.05, 0) is 40.0 Å². The molecule has 0 bridgehead atoms. The number of carbonyl (C=O) groups excluding carboxylic acids is 1. The van der Waals surface area contributed by atoms with Crippen LogP contribution in [0.15, 0.2) is 10.4 Å². The van der Waals surface area contributed by atoms with Crippen LogP contribution in [0, 0.1) is 0 Å². The van der Waals surface area contributed by atoms with E-state index in [2.05, 4.69) is 27.9 Å². The summed E-state index contributed by atoms with van der Waals surface area (Å²) in [6, 6.07) is 0. The number of carbonyl (C=O) groups is 1. The maximum Gasteiger partial charge on any atom is 0.410 e. The molecule has 0 radical (unpaired) electrons. The van der Waals surface area contributed by atoms with Crippen LogP contribution >= 0.6 is 11.3 Å². The van der Waals surface area contributed by atoms with Crippen molar-refractivity contribution in [2.75, 3.05) is 31.5 Å². The first-order chi connectivity index (χ1) is 12.3. The largest absolute Gasteiger partial charge is 0.444 e. The summed E-state index contributed by atoms with van der Waals surface area (Å²) in [4.78, 5) is 23.3. The predicted octanol–water partition coefficient (Wildman–Crippen LogP) is 3.19. The highest BCUT2D eigenvalue weighted by Gasteiger charge is 2.36. The maximum absolute atomic E-state index is 12.2. The number of hydrogen-bond donors (Lipinski definition) is 2. The summed E-state index contributed by atoms with van der Waals surface area (Å²) in [7, 11) is 0. The Bertz CT molecular complexity index is 671. The molecule has 2 aliphatic rings. The molecule has 2 N–H and O–H groups in total. The lowest BCUT2D eigenvalue weighted by Gasteiger charge is -2.38. The van der Waals surface area contributed by atoms with Crippen LogP contribution in [0.5, 0.6) is 0 Å². The van der Waals surface area contributed by atoms with Gasteiger partial charge in [-0.1, -0.05) is 6.92 Å². The molecule has 0 aliphatic carbocycles. The first kappa shape index (κ1) is 18.9. The number of amides is 1. The van der Waals surface area contributed by atoms with Gasteiger partial charge in [0.2, 0.25) is 0 Å². The molecule has 1 aromatic rings. The van der Waals surface area contributed by atoms with E-state index in [0.717, 1.165) is 49.1 Å². The van der Waals surface area contributed by atoms with Gasteiger partial charge in [0, 0.05) is 37.0 Å². The number of aliphatic imine (C=N–C) groups is 1. The molecule has 2 aliphatic heterocycles. The zero-order valence-electron chi connectivity index (χ0n) is 16.1. The summed E-state index contributed by atoms with van der Waals surface area (Å²) in [5.74, 6) is 0.807. The van der Waals surface area contributed by atoms with Crippen LogP contribution in [-0.2, 0) is 10.2 Å². The molecule has 0 aromatic carbocycles. The van der Waals surface area contributed by atoms with Gasteiger partial charge < -0.3 is 20.3 Å². The summed E-state index contributed by atoms with van der Waals surface area (Å²) in [6.07, 6.45) is 2.62. The van der Waals surface area contributed by atoms with Gasteiger partial charge in [0.1, 0.15) is 5.60 Å². The molecule has 1 fully saturated rings. The second kappa shape index (κ2) is 7.42. The standard InChI is InChI=1S/C18H29N5O2S/c1-17(2,3)25-16(24)23-10-6-18(4,7-11-23)13-12-26-15(21-13)22-14-19-8-5-9-20-14/h12H,5-11H2,1-4H3,(H2,19,20,21,22). The molecule has 1 amide bonds. The van der Waals surface area contributed by atoms with Gasteiger partial charge >= 0.3 is 6.09 Å². The van der Waals surface area contributed by atoms with E-state index in [4.69, 9.17) is 9.72 Å². The summed E-state index contributed by atoms with van der Waals surface area (Å²) in [5, 5.41) is 9.51. The fraction of sp³-hybridized carbons (Fsp3) is 0.722. The van der Waals surface area contributed by atoms with Gasteiger partial charge in [-0.3, -0.25) is 4.99 Å². The molecule has 1 aromatic heterocycles. The van der Waals surface area contributed by atoms with Gasteiger partial charge in [-0.15, -0.1) is 11.3 Å². The van der Waals surface area contributed by atoms with Crippen molar-refractivity contribution >= 4 is 28.5 Å². The third-order valence-corrected chi connectivity index (χ3v) is 5.52. The Labute approximate surface area is 159 Å². The van der Waals surface area contributed by atoms with Crippen LogP contribution in [0.4, 0.5) is 9.93 Å². The number of hydrogen-bond acceptors (Lipinski definition) is 7. The first-order valence-corrected chi connectivity index (χ1v) is 10.1. The number of ether oxygens (including phenoxy) is 1. The number of guanidine groups is 1. The summed E-state index contributed by atoms with van der Waals surface area (Å²) >= 11 is 1.60. The number of piperidine rings is 1. The van der Waals surface area contributed by atoms with Gasteiger partial charge in [-0.25, -0.2) is 9.78 Å². The van der Waals surface area contributed by atoms with E-state index in [-0.39, 0.29) is 11.5 Å². The normalized spacial score (nSPS) is 20.2. The number of likely N-dealkylation sites (tertiary alicyclic amines) is 1. The smallest absolute Gasteiger partial charge is 0.410 e. The molecule has 0 spiro atoms. The number of rotatable bonds is 2. The maximum atomic E-state index is 12.2. The molecule has 3 heterocycles. The molecule has 0 unspecified atom stereocenters. The Morgan fingerprint density at radius 3 is 2.73 bits per heavy atom. The van der Waals surface area contributed by atoms with Gasteiger partial charge in [0.05, 0.1) is 5.69 Å². The number of nitrogens with one attached hydrogen (secondary N) is 2. The molecule has 0 saturated carbocycles. The number of anilines is 1. The zero-order valence-corrected chi connectivity index (χ0v) is 16.9. The lowest BCUT2D eigenvalue weighted by molar-refractivity contribution is 0.0170. The van der Waals surface area contributed by atoms with Crippen molar-refractivity contribution in [3.8, 4) is 0 Å². The van der Waals surface area contributed by atoms with Crippen LogP contribution in [0.1, 0.15) is 52.7 Å². The minimum atomic E-state index is -0.455. The van der Waals surface area contributed by atoms with Crippen LogP contribution in [0.3, 0.4) is 0 Å². The molecule has 1 saturated heterocycles. The van der Waals surface area contributed by atoms with Crippen molar-refractivity contribution in [1.29, 1.82) is 0 Å². The number of thiazole rings is 1. The van der Waals surface area contributed by atoms with E-state index in [9.17, 15) is 4.79 Å². The fourth-order valence-electron chi connectivity index (χ4n) is 3.09. The number of aromatic nitrogens is 1. The van der Waals surface area contributed by atoms with E-state index < -0.39 is 5.60 Å². The van der Waals surface area contributed by atoms with Crippen LogP contribution in [0.25, 0.3) is 0 Å². The van der Waals surface area contributed by atoms with Crippen molar-refractivity contribution in [1.82, 2.24) is 15.2 Å². The molecular formula is C18H29N5O2S. The molecule has 0 atom stereocenters.